The summed E-state index contributed by atoms with van der Waals surface area (Å²) in [6.45, 7) is 9.73. The third-order valence-electron chi connectivity index (χ3n) is 12.8. The Balaban J connectivity index is 1.09. The van der Waals surface area contributed by atoms with Crippen LogP contribution in [0.1, 0.15) is 72.9 Å². The molecule has 0 spiro atoms. The Hall–Kier alpha value is -8.80. The Labute approximate surface area is 418 Å². The number of nitrogens with zero attached hydrogens (tertiary/aromatic N) is 2. The number of ether oxygens (including phenoxy) is 1. The zero-order valence-electron chi connectivity index (χ0n) is 41.1. The molecule has 9 aromatic rings. The van der Waals surface area contributed by atoms with Gasteiger partial charge in [0.2, 0.25) is 5.78 Å². The lowest BCUT2D eigenvalue weighted by Crippen LogP contribution is -2.09. The summed E-state index contributed by atoms with van der Waals surface area (Å²) in [5.74, 6) is -0.203. The Morgan fingerprint density at radius 1 is 0.338 bits per heavy atom. The molecule has 0 aliphatic rings. The molecule has 0 aliphatic heterocycles. The van der Waals surface area contributed by atoms with Crippen molar-refractivity contribution in [2.45, 2.75) is 34.6 Å². The van der Waals surface area contributed by atoms with Gasteiger partial charge in [-0.15, -0.1) is 0 Å². The van der Waals surface area contributed by atoms with E-state index in [9.17, 15) is 9.59 Å². The predicted molar refractivity (Wildman–Crippen MR) is 296 cm³/mol. The molecule has 0 aromatic heterocycles. The van der Waals surface area contributed by atoms with E-state index in [1.54, 1.807) is 19.2 Å². The Bertz CT molecular complexity index is 3240. The van der Waals surface area contributed by atoms with Crippen molar-refractivity contribution >= 4 is 69.0 Å². The molecule has 0 aliphatic carbocycles. The number of anilines is 6. The number of rotatable bonds is 15. The van der Waals surface area contributed by atoms with Gasteiger partial charge in [0.1, 0.15) is 5.75 Å². The minimum atomic E-state index is -0.504. The second-order valence-corrected chi connectivity index (χ2v) is 18.1. The van der Waals surface area contributed by atoms with Crippen molar-refractivity contribution in [1.29, 1.82) is 0 Å². The normalized spacial score (nSPS) is 11.5. The first-order chi connectivity index (χ1) is 34.5. The molecule has 0 unspecified atom stereocenters. The zero-order valence-corrected chi connectivity index (χ0v) is 41.1. The quantitative estimate of drug-likeness (QED) is 0.0582. The van der Waals surface area contributed by atoms with E-state index in [1.807, 2.05) is 24.3 Å². The van der Waals surface area contributed by atoms with Crippen LogP contribution in [0.5, 0.6) is 5.75 Å². The number of ketones is 2. The summed E-state index contributed by atoms with van der Waals surface area (Å²) in [7, 11) is 1.68. The standard InChI is InChI=1S/C66H56N2O3/c1-45-7-29-57(30-8-45)67(58-31-9-46(2)10-32-58)61-37-15-50(16-38-61)43-64(54-23-25-56(26-24-54)66(70)49(5)69)52-19-21-53(22-20-52)65(55-27-41-63(71-6)42-28-55)44-51-17-39-62(40-18-51)68(59-33-11-47(3)12-34-59)60-35-13-48(4)14-36-60/h7-44H,1-6H3/b64-43+,65-44-. The largest absolute Gasteiger partial charge is 0.497 e. The SMILES string of the molecule is COc1ccc(/C(=C\c2ccc(N(c3ccc(C)cc3)c3ccc(C)cc3)cc2)c2ccc(/C(=C\c3ccc(N(c4ccc(C)cc4)c4ccc(C)cc4)cc3)c3ccc(C(=O)C(C)=O)cc3)cc2)cc1. The lowest BCUT2D eigenvalue weighted by Gasteiger charge is -2.26. The maximum Gasteiger partial charge on any atom is 0.228 e. The van der Waals surface area contributed by atoms with Crippen LogP contribution >= 0.6 is 0 Å². The molecule has 0 heterocycles. The fourth-order valence-electron chi connectivity index (χ4n) is 8.71. The van der Waals surface area contributed by atoms with Gasteiger partial charge in [-0.1, -0.05) is 156 Å². The smallest absolute Gasteiger partial charge is 0.228 e. The van der Waals surface area contributed by atoms with Crippen LogP contribution in [0.15, 0.2) is 218 Å². The maximum absolute atomic E-state index is 12.7. The van der Waals surface area contributed by atoms with Crippen LogP contribution in [0.25, 0.3) is 23.3 Å². The molecule has 0 amide bonds. The van der Waals surface area contributed by atoms with E-state index in [0.29, 0.717) is 5.56 Å². The second kappa shape index (κ2) is 21.2. The molecule has 0 radical (unpaired) electrons. The average Bonchev–Trinajstić information content (AvgIpc) is 3.40. The summed E-state index contributed by atoms with van der Waals surface area (Å²) in [6.07, 6.45) is 4.42. The van der Waals surface area contributed by atoms with Crippen LogP contribution in [-0.2, 0) is 4.79 Å². The maximum atomic E-state index is 12.7. The van der Waals surface area contributed by atoms with E-state index in [0.717, 1.165) is 84.4 Å². The van der Waals surface area contributed by atoms with E-state index in [2.05, 4.69) is 232 Å². The van der Waals surface area contributed by atoms with E-state index in [4.69, 9.17) is 4.74 Å². The number of benzene rings is 9. The molecule has 0 atom stereocenters. The molecule has 9 aromatic carbocycles. The first kappa shape index (κ1) is 47.3. The molecule has 9 rings (SSSR count). The first-order valence-corrected chi connectivity index (χ1v) is 23.9. The number of aryl methyl sites for hydroxylation is 4. The summed E-state index contributed by atoms with van der Waals surface area (Å²) in [5.41, 5.74) is 19.7. The topological polar surface area (TPSA) is 49.9 Å². The van der Waals surface area contributed by atoms with Crippen molar-refractivity contribution in [3.05, 3.63) is 280 Å². The molecular weight excluding hydrogens is 869 g/mol. The van der Waals surface area contributed by atoms with Crippen molar-refractivity contribution in [2.75, 3.05) is 16.9 Å². The van der Waals surface area contributed by atoms with E-state index in [1.165, 1.54) is 29.2 Å². The molecule has 0 saturated heterocycles. The average molecular weight is 925 g/mol. The fourth-order valence-corrected chi connectivity index (χ4v) is 8.71. The molecule has 0 saturated carbocycles. The number of hydrogen-bond acceptors (Lipinski definition) is 5. The van der Waals surface area contributed by atoms with Crippen molar-refractivity contribution in [2.24, 2.45) is 0 Å². The Morgan fingerprint density at radius 2 is 0.577 bits per heavy atom. The highest BCUT2D eigenvalue weighted by molar-refractivity contribution is 6.42. The molecule has 348 valence electrons. The van der Waals surface area contributed by atoms with E-state index in [-0.39, 0.29) is 0 Å². The third-order valence-corrected chi connectivity index (χ3v) is 12.8. The highest BCUT2D eigenvalue weighted by Gasteiger charge is 2.17. The Morgan fingerprint density at radius 3 is 0.831 bits per heavy atom. The van der Waals surface area contributed by atoms with Crippen LogP contribution in [0.3, 0.4) is 0 Å². The Kier molecular flexibility index (Phi) is 14.1. The summed E-state index contributed by atoms with van der Waals surface area (Å²) in [6, 6.07) is 75.9. The van der Waals surface area contributed by atoms with Gasteiger partial charge in [0.15, 0.2) is 5.78 Å². The van der Waals surface area contributed by atoms with Crippen LogP contribution in [0, 0.1) is 27.7 Å². The molecule has 5 heteroatoms. The van der Waals surface area contributed by atoms with Gasteiger partial charge in [-0.25, -0.2) is 0 Å². The molecule has 0 N–H and O–H groups in total. The monoisotopic (exact) mass is 924 g/mol. The van der Waals surface area contributed by atoms with Gasteiger partial charge in [-0.3, -0.25) is 9.59 Å². The van der Waals surface area contributed by atoms with Gasteiger partial charge in [-0.2, -0.15) is 0 Å². The lowest BCUT2D eigenvalue weighted by molar-refractivity contribution is -0.113. The van der Waals surface area contributed by atoms with Crippen molar-refractivity contribution in [3.8, 4) is 5.75 Å². The summed E-state index contributed by atoms with van der Waals surface area (Å²) < 4.78 is 5.56. The lowest BCUT2D eigenvalue weighted by atomic mass is 9.91. The number of hydrogen-bond donors (Lipinski definition) is 0. The predicted octanol–water partition coefficient (Wildman–Crippen LogP) is 16.8. The van der Waals surface area contributed by atoms with Gasteiger partial charge in [0.05, 0.1) is 7.11 Å². The van der Waals surface area contributed by atoms with Crippen LogP contribution in [0.4, 0.5) is 34.1 Å². The van der Waals surface area contributed by atoms with E-state index < -0.39 is 11.6 Å². The molecule has 0 bridgehead atoms. The fraction of sp³-hybridized carbons (Fsp3) is 0.0909. The second-order valence-electron chi connectivity index (χ2n) is 18.1. The number of methoxy groups -OCH3 is 1. The van der Waals surface area contributed by atoms with Crippen molar-refractivity contribution in [1.82, 2.24) is 0 Å². The molecule has 0 fully saturated rings. The third kappa shape index (κ3) is 11.1. The first-order valence-electron chi connectivity index (χ1n) is 23.9. The van der Waals surface area contributed by atoms with Crippen molar-refractivity contribution < 1.29 is 14.3 Å². The minimum Gasteiger partial charge on any atom is -0.497 e. The molecule has 5 nitrogen and oxygen atoms in total. The minimum absolute atomic E-state index is 0.368. The summed E-state index contributed by atoms with van der Waals surface area (Å²) in [5, 5.41) is 0. The van der Waals surface area contributed by atoms with Gasteiger partial charge in [0.25, 0.3) is 0 Å². The van der Waals surface area contributed by atoms with E-state index >= 15 is 0 Å². The zero-order chi connectivity index (χ0) is 49.4. The molecule has 71 heavy (non-hydrogen) atoms. The number of carbonyl (C=O) groups is 2. The van der Waals surface area contributed by atoms with Gasteiger partial charge in [-0.05, 0) is 169 Å². The van der Waals surface area contributed by atoms with Gasteiger partial charge < -0.3 is 14.5 Å². The molecular formula is C66H56N2O3. The number of Topliss-reactive ketones (excluding diaryl/α,β-unsaturated/α-hetero) is 2. The van der Waals surface area contributed by atoms with Crippen LogP contribution in [-0.4, -0.2) is 18.7 Å². The van der Waals surface area contributed by atoms with Crippen molar-refractivity contribution in [3.63, 3.8) is 0 Å². The van der Waals surface area contributed by atoms with Gasteiger partial charge >= 0.3 is 0 Å². The highest BCUT2D eigenvalue weighted by Crippen LogP contribution is 2.38. The van der Waals surface area contributed by atoms with Gasteiger partial charge in [0, 0.05) is 46.6 Å². The van der Waals surface area contributed by atoms with Crippen LogP contribution < -0.4 is 14.5 Å². The summed E-state index contributed by atoms with van der Waals surface area (Å²) >= 11 is 0. The van der Waals surface area contributed by atoms with Crippen LogP contribution in [0.2, 0.25) is 0 Å². The summed E-state index contributed by atoms with van der Waals surface area (Å²) in [4.78, 5) is 29.3. The number of carbonyl (C=O) groups excluding carboxylic acids is 2. The highest BCUT2D eigenvalue weighted by atomic mass is 16.5.